The summed E-state index contributed by atoms with van der Waals surface area (Å²) in [6, 6.07) is 5.08. The van der Waals surface area contributed by atoms with Crippen LogP contribution in [-0.2, 0) is 0 Å². The van der Waals surface area contributed by atoms with E-state index in [0.29, 0.717) is 28.3 Å². The Bertz CT molecular complexity index is 903. The van der Waals surface area contributed by atoms with Crippen LogP contribution in [0.3, 0.4) is 0 Å². The first-order chi connectivity index (χ1) is 13.6. The highest BCUT2D eigenvalue weighted by atomic mass is 16.5. The third-order valence-corrected chi connectivity index (χ3v) is 5.01. The van der Waals surface area contributed by atoms with Crippen LogP contribution < -0.4 is 15.8 Å². The van der Waals surface area contributed by atoms with Crippen molar-refractivity contribution in [3.63, 3.8) is 0 Å². The van der Waals surface area contributed by atoms with Gasteiger partial charge in [0.2, 0.25) is 5.88 Å². The molecular weight excluding hydrogens is 366 g/mol. The van der Waals surface area contributed by atoms with Crippen LogP contribution in [0.5, 0.6) is 11.6 Å². The topological polar surface area (TPSA) is 117 Å². The van der Waals surface area contributed by atoms with Crippen LogP contribution in [0.1, 0.15) is 46.1 Å². The summed E-state index contributed by atoms with van der Waals surface area (Å²) in [5.74, 6) is 0.522. The van der Waals surface area contributed by atoms with Gasteiger partial charge in [-0.25, -0.2) is 9.97 Å². The molecule has 0 amide bonds. The molecule has 1 saturated heterocycles. The number of aromatic hydroxyl groups is 1. The molecule has 2 heterocycles. The molecule has 2 aromatic rings. The number of ether oxygens (including phenoxy) is 1. The van der Waals surface area contributed by atoms with E-state index in [4.69, 9.17) is 15.9 Å². The molecule has 154 valence electrons. The van der Waals surface area contributed by atoms with Gasteiger partial charge in [-0.1, -0.05) is 6.07 Å². The maximum atomic E-state index is 10.4. The maximum Gasteiger partial charge on any atom is 0.232 e. The Hall–Kier alpha value is -2.93. The molecule has 0 atom stereocenters. The van der Waals surface area contributed by atoms with E-state index in [2.05, 4.69) is 43.0 Å². The number of hydrogen-bond acceptors (Lipinski definition) is 7. The fourth-order valence-corrected chi connectivity index (χ4v) is 4.15. The van der Waals surface area contributed by atoms with Gasteiger partial charge in [0.05, 0.1) is 18.1 Å². The summed E-state index contributed by atoms with van der Waals surface area (Å²) in [6.45, 7) is 8.70. The van der Waals surface area contributed by atoms with Crippen molar-refractivity contribution in [2.45, 2.75) is 57.7 Å². The zero-order valence-electron chi connectivity index (χ0n) is 17.4. The SMILES string of the molecule is CC1(C)CC(Oc2cnc(-c3ccc(/C(C=N)=C/N)cc3O)cn2)CC(C)(C)N1. The lowest BCUT2D eigenvalue weighted by Crippen LogP contribution is -2.60. The Kier molecular flexibility index (Phi) is 5.61. The summed E-state index contributed by atoms with van der Waals surface area (Å²) in [7, 11) is 0. The Morgan fingerprint density at radius 1 is 1.21 bits per heavy atom. The predicted octanol–water partition coefficient (Wildman–Crippen LogP) is 3.49. The molecular formula is C22H29N5O2. The summed E-state index contributed by atoms with van der Waals surface area (Å²) in [4.78, 5) is 8.81. The quantitative estimate of drug-likeness (QED) is 0.576. The van der Waals surface area contributed by atoms with E-state index < -0.39 is 0 Å². The number of piperidine rings is 1. The van der Waals surface area contributed by atoms with Crippen molar-refractivity contribution in [1.82, 2.24) is 15.3 Å². The Balaban J connectivity index is 1.76. The molecule has 0 aliphatic carbocycles. The lowest BCUT2D eigenvalue weighted by molar-refractivity contribution is 0.0527. The van der Waals surface area contributed by atoms with Gasteiger partial charge in [0.1, 0.15) is 11.9 Å². The second-order valence-electron chi connectivity index (χ2n) is 8.78. The van der Waals surface area contributed by atoms with Gasteiger partial charge >= 0.3 is 0 Å². The monoisotopic (exact) mass is 395 g/mol. The molecule has 7 nitrogen and oxygen atoms in total. The number of benzene rings is 1. The molecule has 29 heavy (non-hydrogen) atoms. The summed E-state index contributed by atoms with van der Waals surface area (Å²) < 4.78 is 6.10. The highest BCUT2D eigenvalue weighted by Crippen LogP contribution is 2.32. The number of hydrogen-bond donors (Lipinski definition) is 4. The van der Waals surface area contributed by atoms with Crippen LogP contribution in [0.2, 0.25) is 0 Å². The van der Waals surface area contributed by atoms with Crippen molar-refractivity contribution in [2.75, 3.05) is 0 Å². The van der Waals surface area contributed by atoms with Gasteiger partial charge < -0.3 is 26.3 Å². The van der Waals surface area contributed by atoms with E-state index in [0.717, 1.165) is 19.1 Å². The van der Waals surface area contributed by atoms with Gasteiger partial charge in [0.15, 0.2) is 0 Å². The normalized spacial score (nSPS) is 19.0. The second kappa shape index (κ2) is 7.83. The molecule has 0 spiro atoms. The molecule has 7 heteroatoms. The molecule has 3 rings (SSSR count). The van der Waals surface area contributed by atoms with Crippen LogP contribution in [0, 0.1) is 5.41 Å². The van der Waals surface area contributed by atoms with Crippen molar-refractivity contribution in [1.29, 1.82) is 5.41 Å². The van der Waals surface area contributed by atoms with Gasteiger partial charge in [-0.15, -0.1) is 0 Å². The van der Waals surface area contributed by atoms with E-state index in [1.54, 1.807) is 30.6 Å². The van der Waals surface area contributed by atoms with Crippen LogP contribution >= 0.6 is 0 Å². The van der Waals surface area contributed by atoms with E-state index in [1.165, 1.54) is 6.20 Å². The molecule has 0 saturated carbocycles. The Morgan fingerprint density at radius 3 is 2.41 bits per heavy atom. The lowest BCUT2D eigenvalue weighted by Gasteiger charge is -2.46. The summed E-state index contributed by atoms with van der Waals surface area (Å²) in [5.41, 5.74) is 7.76. The standard InChI is InChI=1S/C22H29N5O2/c1-21(2)8-16(9-22(3,4)27-21)29-20-13-25-18(12-26-20)17-6-5-14(7-19(17)28)15(10-23)11-24/h5-7,10-13,16,23,27-28H,8-9,24H2,1-4H3/b15-11+,23-10?. The third-order valence-electron chi connectivity index (χ3n) is 5.01. The van der Waals surface area contributed by atoms with Crippen molar-refractivity contribution in [2.24, 2.45) is 5.73 Å². The zero-order valence-corrected chi connectivity index (χ0v) is 17.4. The number of rotatable bonds is 5. The fourth-order valence-electron chi connectivity index (χ4n) is 4.15. The summed E-state index contributed by atoms with van der Waals surface area (Å²) >= 11 is 0. The molecule has 1 fully saturated rings. The highest BCUT2D eigenvalue weighted by molar-refractivity contribution is 6.08. The minimum absolute atomic E-state index is 0.0133. The van der Waals surface area contributed by atoms with Crippen molar-refractivity contribution in [3.05, 3.63) is 42.4 Å². The van der Waals surface area contributed by atoms with Crippen molar-refractivity contribution < 1.29 is 9.84 Å². The maximum absolute atomic E-state index is 10.4. The number of allylic oxidation sites excluding steroid dienone is 1. The average molecular weight is 396 g/mol. The molecule has 0 unspecified atom stereocenters. The minimum atomic E-state index is -0.0133. The number of phenolic OH excluding ortho intramolecular Hbond substituents is 1. The summed E-state index contributed by atoms with van der Waals surface area (Å²) in [6.07, 6.45) is 7.47. The zero-order chi connectivity index (χ0) is 21.2. The average Bonchev–Trinajstić information content (AvgIpc) is 2.61. The van der Waals surface area contributed by atoms with Gasteiger partial charge in [-0.3, -0.25) is 0 Å². The molecule has 1 aromatic carbocycles. The largest absolute Gasteiger partial charge is 0.507 e. The molecule has 0 bridgehead atoms. The fraction of sp³-hybridized carbons (Fsp3) is 0.409. The molecule has 1 aliphatic heterocycles. The highest BCUT2D eigenvalue weighted by Gasteiger charge is 2.38. The van der Waals surface area contributed by atoms with Gasteiger partial charge in [-0.2, -0.15) is 0 Å². The van der Waals surface area contributed by atoms with Gasteiger partial charge in [-0.05, 0) is 45.4 Å². The number of aromatic nitrogens is 2. The molecule has 5 N–H and O–H groups in total. The smallest absolute Gasteiger partial charge is 0.232 e. The molecule has 1 aliphatic rings. The first-order valence-electron chi connectivity index (χ1n) is 9.67. The first-order valence-corrected chi connectivity index (χ1v) is 9.67. The Morgan fingerprint density at radius 2 is 1.90 bits per heavy atom. The predicted molar refractivity (Wildman–Crippen MR) is 115 cm³/mol. The van der Waals surface area contributed by atoms with E-state index in [-0.39, 0.29) is 22.9 Å². The molecule has 0 radical (unpaired) electrons. The molecule has 1 aromatic heterocycles. The van der Waals surface area contributed by atoms with Gasteiger partial charge in [0.25, 0.3) is 0 Å². The number of phenols is 1. The van der Waals surface area contributed by atoms with Crippen LogP contribution in [-0.4, -0.2) is 38.5 Å². The number of nitrogens with two attached hydrogens (primary N) is 1. The third kappa shape index (κ3) is 4.92. The van der Waals surface area contributed by atoms with Crippen LogP contribution in [0.25, 0.3) is 16.8 Å². The Labute approximate surface area is 171 Å². The number of nitrogens with one attached hydrogen (secondary N) is 2. The van der Waals surface area contributed by atoms with Gasteiger partial charge in [0, 0.05) is 47.5 Å². The van der Waals surface area contributed by atoms with Crippen LogP contribution in [0.4, 0.5) is 0 Å². The van der Waals surface area contributed by atoms with Crippen molar-refractivity contribution >= 4 is 11.8 Å². The lowest BCUT2D eigenvalue weighted by atomic mass is 9.81. The van der Waals surface area contributed by atoms with E-state index in [9.17, 15) is 5.11 Å². The van der Waals surface area contributed by atoms with Crippen molar-refractivity contribution in [3.8, 4) is 22.9 Å². The first kappa shape index (κ1) is 20.8. The van der Waals surface area contributed by atoms with E-state index in [1.807, 2.05) is 0 Å². The van der Waals surface area contributed by atoms with E-state index >= 15 is 0 Å². The van der Waals surface area contributed by atoms with Crippen LogP contribution in [0.15, 0.2) is 36.8 Å². The summed E-state index contributed by atoms with van der Waals surface area (Å²) in [5, 5.41) is 21.4. The minimum Gasteiger partial charge on any atom is -0.507 e. The second-order valence-corrected chi connectivity index (χ2v) is 8.78. The number of nitrogens with zero attached hydrogens (tertiary/aromatic N) is 2.